The van der Waals surface area contributed by atoms with Crippen molar-refractivity contribution in [2.45, 2.75) is 26.3 Å². The minimum absolute atomic E-state index is 0.0675. The summed E-state index contributed by atoms with van der Waals surface area (Å²) in [5.74, 6) is 0. The van der Waals surface area contributed by atoms with Crippen molar-refractivity contribution < 1.29 is 0 Å². The third-order valence-corrected chi connectivity index (χ3v) is 3.23. The van der Waals surface area contributed by atoms with Crippen LogP contribution < -0.4 is 5.56 Å². The molecule has 0 fully saturated rings. The highest BCUT2D eigenvalue weighted by atomic mass is 35.5. The third kappa shape index (κ3) is 2.62. The largest absolute Gasteiger partial charge is 0.268 e. The van der Waals surface area contributed by atoms with Gasteiger partial charge in [0.2, 0.25) is 0 Å². The molecule has 2 aromatic rings. The van der Waals surface area contributed by atoms with E-state index >= 15 is 0 Å². The van der Waals surface area contributed by atoms with Gasteiger partial charge >= 0.3 is 0 Å². The predicted octanol–water partition coefficient (Wildman–Crippen LogP) is 3.53. The van der Waals surface area contributed by atoms with E-state index in [1.165, 1.54) is 4.68 Å². The van der Waals surface area contributed by atoms with Gasteiger partial charge in [-0.15, -0.1) is 0 Å². The summed E-state index contributed by atoms with van der Waals surface area (Å²) in [4.78, 5) is 11.7. The second-order valence-corrected chi connectivity index (χ2v) is 4.70. The SMILES string of the molecule is CCC(C)n1nc(-c2ccc(Cl)cc2)ccc1=O. The van der Waals surface area contributed by atoms with Gasteiger partial charge in [0.05, 0.1) is 11.7 Å². The Labute approximate surface area is 111 Å². The summed E-state index contributed by atoms with van der Waals surface area (Å²) in [5, 5.41) is 5.09. The fourth-order valence-corrected chi connectivity index (χ4v) is 1.81. The Balaban J connectivity index is 2.47. The zero-order chi connectivity index (χ0) is 13.1. The van der Waals surface area contributed by atoms with E-state index in [1.807, 2.05) is 38.1 Å². The van der Waals surface area contributed by atoms with Crippen LogP contribution in [0.4, 0.5) is 0 Å². The number of hydrogen-bond acceptors (Lipinski definition) is 2. The first-order valence-corrected chi connectivity index (χ1v) is 6.35. The second-order valence-electron chi connectivity index (χ2n) is 4.27. The van der Waals surface area contributed by atoms with E-state index in [-0.39, 0.29) is 11.6 Å². The predicted molar refractivity (Wildman–Crippen MR) is 73.9 cm³/mol. The van der Waals surface area contributed by atoms with Crippen LogP contribution in [0.3, 0.4) is 0 Å². The van der Waals surface area contributed by atoms with Crippen molar-refractivity contribution >= 4 is 11.6 Å². The van der Waals surface area contributed by atoms with Gasteiger partial charge < -0.3 is 0 Å². The highest BCUT2D eigenvalue weighted by Crippen LogP contribution is 2.19. The first-order chi connectivity index (χ1) is 8.61. The Morgan fingerprint density at radius 3 is 2.50 bits per heavy atom. The summed E-state index contributed by atoms with van der Waals surface area (Å²) in [6.45, 7) is 4.02. The maximum atomic E-state index is 11.7. The van der Waals surface area contributed by atoms with Crippen LogP contribution in [-0.4, -0.2) is 9.78 Å². The molecule has 0 saturated heterocycles. The fourth-order valence-electron chi connectivity index (χ4n) is 1.69. The summed E-state index contributed by atoms with van der Waals surface area (Å²) in [5.41, 5.74) is 1.67. The lowest BCUT2D eigenvalue weighted by atomic mass is 10.1. The van der Waals surface area contributed by atoms with Crippen molar-refractivity contribution in [2.24, 2.45) is 0 Å². The van der Waals surface area contributed by atoms with E-state index in [1.54, 1.807) is 12.1 Å². The molecule has 94 valence electrons. The van der Waals surface area contributed by atoms with Crippen LogP contribution in [0.1, 0.15) is 26.3 Å². The number of nitrogens with zero attached hydrogens (tertiary/aromatic N) is 2. The van der Waals surface area contributed by atoms with Crippen molar-refractivity contribution in [1.82, 2.24) is 9.78 Å². The molecule has 4 heteroatoms. The van der Waals surface area contributed by atoms with Gasteiger partial charge in [-0.25, -0.2) is 4.68 Å². The Hall–Kier alpha value is -1.61. The van der Waals surface area contributed by atoms with Gasteiger partial charge in [-0.05, 0) is 31.5 Å². The van der Waals surface area contributed by atoms with Crippen molar-refractivity contribution in [3.05, 3.63) is 51.8 Å². The number of halogens is 1. The number of benzene rings is 1. The summed E-state index contributed by atoms with van der Waals surface area (Å²) < 4.78 is 1.53. The smallest absolute Gasteiger partial charge is 0.267 e. The van der Waals surface area contributed by atoms with E-state index in [0.29, 0.717) is 5.02 Å². The Kier molecular flexibility index (Phi) is 3.82. The number of rotatable bonds is 3. The van der Waals surface area contributed by atoms with Gasteiger partial charge in [0, 0.05) is 16.7 Å². The van der Waals surface area contributed by atoms with Gasteiger partial charge in [0.25, 0.3) is 5.56 Å². The lowest BCUT2D eigenvalue weighted by Crippen LogP contribution is -2.25. The first-order valence-electron chi connectivity index (χ1n) is 5.97. The molecule has 1 aromatic carbocycles. The molecule has 18 heavy (non-hydrogen) atoms. The van der Waals surface area contributed by atoms with Crippen LogP contribution in [0.15, 0.2) is 41.2 Å². The molecule has 2 rings (SSSR count). The molecule has 1 aromatic heterocycles. The fraction of sp³-hybridized carbons (Fsp3) is 0.286. The van der Waals surface area contributed by atoms with Crippen LogP contribution in [-0.2, 0) is 0 Å². The van der Waals surface area contributed by atoms with Crippen molar-refractivity contribution in [1.29, 1.82) is 0 Å². The van der Waals surface area contributed by atoms with Gasteiger partial charge in [-0.3, -0.25) is 4.79 Å². The Bertz CT molecular complexity index is 589. The molecule has 0 spiro atoms. The van der Waals surface area contributed by atoms with E-state index < -0.39 is 0 Å². The van der Waals surface area contributed by atoms with E-state index in [9.17, 15) is 4.79 Å². The molecule has 0 N–H and O–H groups in total. The topological polar surface area (TPSA) is 34.9 Å². The molecule has 0 aliphatic heterocycles. The lowest BCUT2D eigenvalue weighted by Gasteiger charge is -2.12. The third-order valence-electron chi connectivity index (χ3n) is 2.97. The van der Waals surface area contributed by atoms with Crippen LogP contribution in [0.5, 0.6) is 0 Å². The molecule has 0 radical (unpaired) electrons. The monoisotopic (exact) mass is 262 g/mol. The van der Waals surface area contributed by atoms with Crippen molar-refractivity contribution in [2.75, 3.05) is 0 Å². The van der Waals surface area contributed by atoms with Crippen LogP contribution in [0.2, 0.25) is 5.02 Å². The zero-order valence-corrected chi connectivity index (χ0v) is 11.2. The molecular weight excluding hydrogens is 248 g/mol. The average molecular weight is 263 g/mol. The summed E-state index contributed by atoms with van der Waals surface area (Å²) >= 11 is 5.85. The van der Waals surface area contributed by atoms with Crippen molar-refractivity contribution in [3.63, 3.8) is 0 Å². The maximum absolute atomic E-state index is 11.7. The van der Waals surface area contributed by atoms with Gasteiger partial charge in [0.1, 0.15) is 0 Å². The summed E-state index contributed by atoms with van der Waals surface area (Å²) in [6, 6.07) is 10.8. The lowest BCUT2D eigenvalue weighted by molar-refractivity contribution is 0.456. The van der Waals surface area contributed by atoms with Crippen molar-refractivity contribution in [3.8, 4) is 11.3 Å². The summed E-state index contributed by atoms with van der Waals surface area (Å²) in [7, 11) is 0. The maximum Gasteiger partial charge on any atom is 0.267 e. The number of aromatic nitrogens is 2. The zero-order valence-electron chi connectivity index (χ0n) is 10.4. The normalized spacial score (nSPS) is 12.4. The molecule has 0 bridgehead atoms. The molecule has 0 saturated carbocycles. The van der Waals surface area contributed by atoms with Crippen LogP contribution in [0, 0.1) is 0 Å². The highest BCUT2D eigenvalue weighted by Gasteiger charge is 2.07. The van der Waals surface area contributed by atoms with Gasteiger partial charge in [-0.2, -0.15) is 5.10 Å². The van der Waals surface area contributed by atoms with Gasteiger partial charge in [-0.1, -0.05) is 30.7 Å². The minimum Gasteiger partial charge on any atom is -0.268 e. The highest BCUT2D eigenvalue weighted by molar-refractivity contribution is 6.30. The molecule has 0 amide bonds. The standard InChI is InChI=1S/C14H15ClN2O/c1-3-10(2)17-14(18)9-8-13(16-17)11-4-6-12(15)7-5-11/h4-10H,3H2,1-2H3. The minimum atomic E-state index is -0.0675. The van der Waals surface area contributed by atoms with Crippen LogP contribution >= 0.6 is 11.6 Å². The van der Waals surface area contributed by atoms with E-state index in [4.69, 9.17) is 11.6 Å². The molecular formula is C14H15ClN2O. The molecule has 0 aliphatic carbocycles. The molecule has 1 atom stereocenters. The first kappa shape index (κ1) is 12.8. The molecule has 1 unspecified atom stereocenters. The average Bonchev–Trinajstić information content (AvgIpc) is 2.39. The van der Waals surface area contributed by atoms with E-state index in [2.05, 4.69) is 5.10 Å². The molecule has 0 aliphatic rings. The van der Waals surface area contributed by atoms with Crippen LogP contribution in [0.25, 0.3) is 11.3 Å². The molecule has 1 heterocycles. The second kappa shape index (κ2) is 5.36. The number of hydrogen-bond donors (Lipinski definition) is 0. The molecule has 3 nitrogen and oxygen atoms in total. The van der Waals surface area contributed by atoms with Gasteiger partial charge in [0.15, 0.2) is 0 Å². The quantitative estimate of drug-likeness (QED) is 0.848. The Morgan fingerprint density at radius 1 is 1.22 bits per heavy atom. The van der Waals surface area contributed by atoms with E-state index in [0.717, 1.165) is 17.7 Å². The Morgan fingerprint density at radius 2 is 1.89 bits per heavy atom. The summed E-state index contributed by atoms with van der Waals surface area (Å²) in [6.07, 6.45) is 0.872.